The van der Waals surface area contributed by atoms with Gasteiger partial charge in [0.25, 0.3) is 0 Å². The zero-order chi connectivity index (χ0) is 9.84. The summed E-state index contributed by atoms with van der Waals surface area (Å²) in [6.45, 7) is 0. The third-order valence-corrected chi connectivity index (χ3v) is 1.66. The van der Waals surface area contributed by atoms with Crippen LogP contribution in [0.25, 0.3) is 0 Å². The smallest absolute Gasteiger partial charge is 0.320 e. The van der Waals surface area contributed by atoms with Crippen molar-refractivity contribution in [3.63, 3.8) is 0 Å². The van der Waals surface area contributed by atoms with Gasteiger partial charge in [-0.15, -0.1) is 0 Å². The van der Waals surface area contributed by atoms with E-state index in [0.29, 0.717) is 5.56 Å². The van der Waals surface area contributed by atoms with E-state index in [4.69, 9.17) is 10.8 Å². The lowest BCUT2D eigenvalue weighted by molar-refractivity contribution is -0.142. The van der Waals surface area contributed by atoms with Gasteiger partial charge >= 0.3 is 5.97 Å². The molecular weight excluding hydrogens is 170 g/mol. The van der Waals surface area contributed by atoms with Gasteiger partial charge in [0.15, 0.2) is 5.92 Å². The third kappa shape index (κ3) is 2.05. The molecule has 0 aliphatic rings. The Balaban J connectivity index is 3.03. The van der Waals surface area contributed by atoms with Crippen LogP contribution >= 0.6 is 0 Å². The van der Waals surface area contributed by atoms with Crippen molar-refractivity contribution in [2.75, 3.05) is 0 Å². The molecule has 0 aromatic heterocycles. The van der Waals surface area contributed by atoms with Crippen molar-refractivity contribution in [1.82, 2.24) is 0 Å². The zero-order valence-corrected chi connectivity index (χ0v) is 6.81. The molecule has 0 radical (unpaired) electrons. The predicted octanol–water partition coefficient (Wildman–Crippen LogP) is 0.340. The molecule has 0 fully saturated rings. The van der Waals surface area contributed by atoms with Crippen LogP contribution in [0.3, 0.4) is 0 Å². The molecule has 0 aliphatic carbocycles. The van der Waals surface area contributed by atoms with Crippen LogP contribution in [0.5, 0.6) is 0 Å². The van der Waals surface area contributed by atoms with Crippen molar-refractivity contribution in [3.8, 4) is 0 Å². The summed E-state index contributed by atoms with van der Waals surface area (Å²) in [5.74, 6) is -3.32. The fourth-order valence-corrected chi connectivity index (χ4v) is 1.07. The van der Waals surface area contributed by atoms with Gasteiger partial charge in [-0.25, -0.2) is 0 Å². The number of primary amides is 1. The van der Waals surface area contributed by atoms with Gasteiger partial charge in [0.1, 0.15) is 0 Å². The SMILES string of the molecule is NC(=O)[C@@H](C(=O)O)c1ccccc1. The average Bonchev–Trinajstić information content (AvgIpc) is 2.04. The Morgan fingerprint density at radius 1 is 1.23 bits per heavy atom. The minimum atomic E-state index is -1.25. The summed E-state index contributed by atoms with van der Waals surface area (Å²) in [6.07, 6.45) is 0. The van der Waals surface area contributed by atoms with Gasteiger partial charge in [0.2, 0.25) is 5.91 Å². The Morgan fingerprint density at radius 3 is 2.15 bits per heavy atom. The van der Waals surface area contributed by atoms with E-state index in [9.17, 15) is 9.59 Å². The maximum Gasteiger partial charge on any atom is 0.320 e. The molecule has 0 heterocycles. The molecule has 4 nitrogen and oxygen atoms in total. The normalized spacial score (nSPS) is 12.0. The Morgan fingerprint density at radius 2 is 1.77 bits per heavy atom. The molecule has 1 aromatic rings. The number of carbonyl (C=O) groups excluding carboxylic acids is 1. The average molecular weight is 179 g/mol. The third-order valence-electron chi connectivity index (χ3n) is 1.66. The number of carbonyl (C=O) groups is 2. The van der Waals surface area contributed by atoms with Gasteiger partial charge in [0.05, 0.1) is 0 Å². The van der Waals surface area contributed by atoms with Gasteiger partial charge in [0, 0.05) is 0 Å². The van der Waals surface area contributed by atoms with Crippen LogP contribution in [0, 0.1) is 0 Å². The number of amides is 1. The minimum absolute atomic E-state index is 0.405. The Hall–Kier alpha value is -1.84. The maximum absolute atomic E-state index is 10.8. The van der Waals surface area contributed by atoms with E-state index >= 15 is 0 Å². The summed E-state index contributed by atoms with van der Waals surface area (Å²) in [5.41, 5.74) is 5.35. The van der Waals surface area contributed by atoms with E-state index in [1.807, 2.05) is 0 Å². The molecule has 0 aliphatic heterocycles. The Kier molecular flexibility index (Phi) is 2.64. The molecule has 0 spiro atoms. The quantitative estimate of drug-likeness (QED) is 0.656. The lowest BCUT2D eigenvalue weighted by Crippen LogP contribution is -2.27. The van der Waals surface area contributed by atoms with Crippen molar-refractivity contribution in [1.29, 1.82) is 0 Å². The standard InChI is InChI=1S/C9H9NO3/c10-8(11)7(9(12)13)6-4-2-1-3-5-6/h1-5,7H,(H2,10,11)(H,12,13)/t7-/m0/s1. The topological polar surface area (TPSA) is 80.4 Å². The highest BCUT2D eigenvalue weighted by molar-refractivity contribution is 6.01. The fraction of sp³-hybridized carbons (Fsp3) is 0.111. The predicted molar refractivity (Wildman–Crippen MR) is 46.0 cm³/mol. The number of carboxylic acids is 1. The van der Waals surface area contributed by atoms with Gasteiger partial charge < -0.3 is 10.8 Å². The number of hydrogen-bond donors (Lipinski definition) is 2. The molecule has 68 valence electrons. The second-order valence-electron chi connectivity index (χ2n) is 2.58. The van der Waals surface area contributed by atoms with E-state index < -0.39 is 17.8 Å². The van der Waals surface area contributed by atoms with Crippen LogP contribution in [0.1, 0.15) is 11.5 Å². The van der Waals surface area contributed by atoms with Crippen LogP contribution in [-0.2, 0) is 9.59 Å². The summed E-state index contributed by atoms with van der Waals surface area (Å²) in [5, 5.41) is 8.70. The summed E-state index contributed by atoms with van der Waals surface area (Å²) >= 11 is 0. The Bertz CT molecular complexity index is 307. The molecule has 0 bridgehead atoms. The molecule has 0 saturated heterocycles. The molecule has 13 heavy (non-hydrogen) atoms. The van der Waals surface area contributed by atoms with E-state index in [2.05, 4.69) is 0 Å². The number of nitrogens with two attached hydrogens (primary N) is 1. The lowest BCUT2D eigenvalue weighted by atomic mass is 9.99. The first kappa shape index (κ1) is 9.25. The van der Waals surface area contributed by atoms with Crippen LogP contribution in [0.15, 0.2) is 30.3 Å². The van der Waals surface area contributed by atoms with Crippen molar-refractivity contribution in [3.05, 3.63) is 35.9 Å². The molecule has 3 N–H and O–H groups in total. The molecule has 4 heteroatoms. The second-order valence-corrected chi connectivity index (χ2v) is 2.58. The summed E-state index contributed by atoms with van der Waals surface area (Å²) in [6, 6.07) is 8.18. The lowest BCUT2D eigenvalue weighted by Gasteiger charge is -2.07. The highest BCUT2D eigenvalue weighted by Gasteiger charge is 2.25. The monoisotopic (exact) mass is 179 g/mol. The molecule has 1 rings (SSSR count). The Labute approximate surface area is 75.0 Å². The van der Waals surface area contributed by atoms with Crippen LogP contribution in [0.2, 0.25) is 0 Å². The van der Waals surface area contributed by atoms with E-state index in [-0.39, 0.29) is 0 Å². The highest BCUT2D eigenvalue weighted by atomic mass is 16.4. The molecule has 1 atom stereocenters. The zero-order valence-electron chi connectivity index (χ0n) is 6.81. The van der Waals surface area contributed by atoms with E-state index in [0.717, 1.165) is 0 Å². The van der Waals surface area contributed by atoms with Gasteiger partial charge in [-0.3, -0.25) is 9.59 Å². The van der Waals surface area contributed by atoms with Crippen LogP contribution in [-0.4, -0.2) is 17.0 Å². The number of rotatable bonds is 3. The summed E-state index contributed by atoms with van der Waals surface area (Å²) in [7, 11) is 0. The van der Waals surface area contributed by atoms with E-state index in [1.165, 1.54) is 0 Å². The second kappa shape index (κ2) is 3.71. The van der Waals surface area contributed by atoms with E-state index in [1.54, 1.807) is 30.3 Å². The van der Waals surface area contributed by atoms with Crippen molar-refractivity contribution < 1.29 is 14.7 Å². The van der Waals surface area contributed by atoms with Crippen molar-refractivity contribution >= 4 is 11.9 Å². The first-order valence-electron chi connectivity index (χ1n) is 3.70. The molecule has 0 unspecified atom stereocenters. The summed E-state index contributed by atoms with van der Waals surface area (Å²) in [4.78, 5) is 21.4. The maximum atomic E-state index is 10.8. The fourth-order valence-electron chi connectivity index (χ4n) is 1.07. The van der Waals surface area contributed by atoms with Crippen molar-refractivity contribution in [2.45, 2.75) is 5.92 Å². The number of benzene rings is 1. The minimum Gasteiger partial charge on any atom is -0.480 e. The number of aliphatic carboxylic acids is 1. The van der Waals surface area contributed by atoms with Gasteiger partial charge in [-0.2, -0.15) is 0 Å². The molecular formula is C9H9NO3. The van der Waals surface area contributed by atoms with Crippen LogP contribution < -0.4 is 5.73 Å². The molecule has 0 saturated carbocycles. The number of carboxylic acid groups (broad SMARTS) is 1. The summed E-state index contributed by atoms with van der Waals surface area (Å²) < 4.78 is 0. The van der Waals surface area contributed by atoms with Crippen LogP contribution in [0.4, 0.5) is 0 Å². The van der Waals surface area contributed by atoms with Gasteiger partial charge in [-0.05, 0) is 5.56 Å². The van der Waals surface area contributed by atoms with Crippen molar-refractivity contribution in [2.24, 2.45) is 5.73 Å². The first-order chi connectivity index (χ1) is 6.13. The van der Waals surface area contributed by atoms with Gasteiger partial charge in [-0.1, -0.05) is 30.3 Å². The highest BCUT2D eigenvalue weighted by Crippen LogP contribution is 2.14. The molecule has 1 aromatic carbocycles. The number of hydrogen-bond acceptors (Lipinski definition) is 2. The largest absolute Gasteiger partial charge is 0.480 e. The molecule has 1 amide bonds. The first-order valence-corrected chi connectivity index (χ1v) is 3.70.